The lowest BCUT2D eigenvalue weighted by atomic mass is 10.5. The number of nitrogens with one attached hydrogen (secondary N) is 2. The highest BCUT2D eigenvalue weighted by atomic mass is 19.4. The Morgan fingerprint density at radius 2 is 2.00 bits per heavy atom. The van der Waals surface area contributed by atoms with Crippen LogP contribution in [0.1, 0.15) is 0 Å². The van der Waals surface area contributed by atoms with Gasteiger partial charge in [0.25, 0.3) is 0 Å². The van der Waals surface area contributed by atoms with E-state index in [0.717, 1.165) is 0 Å². The molecular weight excluding hydrogens is 209 g/mol. The van der Waals surface area contributed by atoms with E-state index in [-0.39, 0.29) is 0 Å². The Labute approximate surface area is 87.5 Å². The third-order valence-electron chi connectivity index (χ3n) is 1.70. The van der Waals surface area contributed by atoms with Gasteiger partial charge in [0, 0.05) is 27.2 Å². The summed E-state index contributed by atoms with van der Waals surface area (Å²) in [6.07, 6.45) is -4.14. The Kier molecular flexibility index (Phi) is 6.07. The molecule has 0 bridgehead atoms. The van der Waals surface area contributed by atoms with Crippen LogP contribution in [0.15, 0.2) is 4.99 Å². The van der Waals surface area contributed by atoms with Crippen molar-refractivity contribution in [3.05, 3.63) is 0 Å². The summed E-state index contributed by atoms with van der Waals surface area (Å²) >= 11 is 0. The summed E-state index contributed by atoms with van der Waals surface area (Å²) in [6.45, 7) is -0.173. The van der Waals surface area contributed by atoms with Crippen LogP contribution in [0.25, 0.3) is 0 Å². The molecule has 4 nitrogen and oxygen atoms in total. The first-order chi connectivity index (χ1) is 6.89. The van der Waals surface area contributed by atoms with Crippen LogP contribution in [0.3, 0.4) is 0 Å². The van der Waals surface area contributed by atoms with Gasteiger partial charge < -0.3 is 10.6 Å². The van der Waals surface area contributed by atoms with Crippen LogP contribution >= 0.6 is 0 Å². The van der Waals surface area contributed by atoms with Gasteiger partial charge in [0.1, 0.15) is 0 Å². The molecule has 0 rings (SSSR count). The van der Waals surface area contributed by atoms with Crippen molar-refractivity contribution >= 4 is 5.96 Å². The van der Waals surface area contributed by atoms with E-state index in [2.05, 4.69) is 15.6 Å². The predicted octanol–water partition coefficient (Wildman–Crippen LogP) is 0.275. The molecular formula is C8H17F3N4. The molecule has 0 unspecified atom stereocenters. The molecule has 2 N–H and O–H groups in total. The van der Waals surface area contributed by atoms with Crippen LogP contribution < -0.4 is 10.6 Å². The van der Waals surface area contributed by atoms with Gasteiger partial charge in [-0.3, -0.25) is 9.89 Å². The van der Waals surface area contributed by atoms with E-state index >= 15 is 0 Å². The van der Waals surface area contributed by atoms with Crippen molar-refractivity contribution in [2.24, 2.45) is 4.99 Å². The zero-order valence-electron chi connectivity index (χ0n) is 9.15. The fraction of sp³-hybridized carbons (Fsp3) is 0.875. The highest BCUT2D eigenvalue weighted by molar-refractivity contribution is 5.79. The van der Waals surface area contributed by atoms with Gasteiger partial charge in [-0.1, -0.05) is 0 Å². The van der Waals surface area contributed by atoms with Crippen molar-refractivity contribution in [3.63, 3.8) is 0 Å². The molecule has 7 heteroatoms. The largest absolute Gasteiger partial charge is 0.401 e. The van der Waals surface area contributed by atoms with Gasteiger partial charge in [0.05, 0.1) is 6.54 Å². The first-order valence-electron chi connectivity index (χ1n) is 4.52. The van der Waals surface area contributed by atoms with E-state index in [4.69, 9.17) is 0 Å². The summed E-state index contributed by atoms with van der Waals surface area (Å²) in [4.78, 5) is 5.04. The average molecular weight is 226 g/mol. The molecule has 0 aliphatic heterocycles. The minimum Gasteiger partial charge on any atom is -0.359 e. The molecule has 0 saturated carbocycles. The lowest BCUT2D eigenvalue weighted by Gasteiger charge is -2.19. The first kappa shape index (κ1) is 14.0. The molecule has 90 valence electrons. The summed E-state index contributed by atoms with van der Waals surface area (Å²) in [7, 11) is 4.71. The Morgan fingerprint density at radius 1 is 1.40 bits per heavy atom. The Bertz CT molecular complexity index is 203. The smallest absolute Gasteiger partial charge is 0.359 e. The van der Waals surface area contributed by atoms with E-state index in [1.54, 1.807) is 14.1 Å². The number of halogens is 3. The zero-order valence-corrected chi connectivity index (χ0v) is 9.15. The van der Waals surface area contributed by atoms with Crippen molar-refractivity contribution in [2.75, 3.05) is 40.8 Å². The number of guanidine groups is 1. The summed E-state index contributed by atoms with van der Waals surface area (Å²) in [6, 6.07) is 0. The van der Waals surface area contributed by atoms with E-state index in [0.29, 0.717) is 19.0 Å². The van der Waals surface area contributed by atoms with Crippen LogP contribution in [0.2, 0.25) is 0 Å². The first-order valence-corrected chi connectivity index (χ1v) is 4.52. The van der Waals surface area contributed by atoms with Gasteiger partial charge in [0.2, 0.25) is 0 Å². The average Bonchev–Trinajstić information content (AvgIpc) is 2.09. The van der Waals surface area contributed by atoms with Gasteiger partial charge in [0.15, 0.2) is 5.96 Å². The van der Waals surface area contributed by atoms with Crippen LogP contribution in [0.4, 0.5) is 13.2 Å². The summed E-state index contributed by atoms with van der Waals surface area (Å²) in [5.74, 6) is 0.565. The van der Waals surface area contributed by atoms with Gasteiger partial charge in [-0.2, -0.15) is 13.2 Å². The topological polar surface area (TPSA) is 39.7 Å². The molecule has 0 aromatic rings. The standard InChI is InChI=1S/C8H17F3N4/c1-12-7(13-2)14-4-5-15(3)6-8(9,10)11/h4-6H2,1-3H3,(H2,12,13,14). The molecule has 0 amide bonds. The second kappa shape index (κ2) is 6.49. The molecule has 0 aliphatic carbocycles. The quantitative estimate of drug-likeness (QED) is 0.534. The second-order valence-electron chi connectivity index (χ2n) is 3.10. The van der Waals surface area contributed by atoms with E-state index in [9.17, 15) is 13.2 Å². The Hall–Kier alpha value is -0.980. The maximum atomic E-state index is 11.9. The maximum absolute atomic E-state index is 11.9. The van der Waals surface area contributed by atoms with Crippen LogP contribution in [0.5, 0.6) is 0 Å². The van der Waals surface area contributed by atoms with Crippen molar-refractivity contribution in [3.8, 4) is 0 Å². The van der Waals surface area contributed by atoms with Crippen molar-refractivity contribution in [1.29, 1.82) is 0 Å². The number of aliphatic imine (C=N–C) groups is 1. The van der Waals surface area contributed by atoms with Gasteiger partial charge in [-0.25, -0.2) is 0 Å². The summed E-state index contributed by atoms with van der Waals surface area (Å²) < 4.78 is 35.8. The number of likely N-dealkylation sites (N-methyl/N-ethyl adjacent to an activating group) is 1. The highest BCUT2D eigenvalue weighted by Gasteiger charge is 2.28. The minimum atomic E-state index is -4.14. The third kappa shape index (κ3) is 8.04. The predicted molar refractivity (Wildman–Crippen MR) is 54.0 cm³/mol. The summed E-state index contributed by atoms with van der Waals surface area (Å²) in [5, 5.41) is 5.64. The molecule has 0 heterocycles. The normalized spacial score (nSPS) is 13.1. The maximum Gasteiger partial charge on any atom is 0.401 e. The van der Waals surface area contributed by atoms with Gasteiger partial charge >= 0.3 is 6.18 Å². The second-order valence-corrected chi connectivity index (χ2v) is 3.10. The van der Waals surface area contributed by atoms with Crippen molar-refractivity contribution < 1.29 is 13.2 Å². The SMILES string of the molecule is CN=C(NC)NCCN(C)CC(F)(F)F. The molecule has 0 aliphatic rings. The fourth-order valence-electron chi connectivity index (χ4n) is 1.03. The third-order valence-corrected chi connectivity index (χ3v) is 1.70. The van der Waals surface area contributed by atoms with E-state index in [1.165, 1.54) is 11.9 Å². The van der Waals surface area contributed by atoms with Crippen molar-refractivity contribution in [1.82, 2.24) is 15.5 Å². The number of hydrogen-bond donors (Lipinski definition) is 2. The van der Waals surface area contributed by atoms with Gasteiger partial charge in [-0.15, -0.1) is 0 Å². The fourth-order valence-corrected chi connectivity index (χ4v) is 1.03. The Morgan fingerprint density at radius 3 is 2.40 bits per heavy atom. The summed E-state index contributed by atoms with van der Waals surface area (Å²) in [5.41, 5.74) is 0. The van der Waals surface area contributed by atoms with Crippen molar-refractivity contribution in [2.45, 2.75) is 6.18 Å². The lowest BCUT2D eigenvalue weighted by molar-refractivity contribution is -0.142. The van der Waals surface area contributed by atoms with Crippen LogP contribution in [0, 0.1) is 0 Å². The number of rotatable bonds is 4. The molecule has 0 spiro atoms. The van der Waals surface area contributed by atoms with E-state index in [1.807, 2.05) is 0 Å². The molecule has 0 atom stereocenters. The molecule has 15 heavy (non-hydrogen) atoms. The zero-order chi connectivity index (χ0) is 11.9. The highest BCUT2D eigenvalue weighted by Crippen LogP contribution is 2.14. The Balaban J connectivity index is 3.68. The molecule has 0 aromatic carbocycles. The van der Waals surface area contributed by atoms with E-state index < -0.39 is 12.7 Å². The molecule has 0 radical (unpaired) electrons. The van der Waals surface area contributed by atoms with Crippen LogP contribution in [-0.4, -0.2) is 57.8 Å². The number of hydrogen-bond acceptors (Lipinski definition) is 2. The molecule has 0 aromatic heterocycles. The minimum absolute atomic E-state index is 0.306. The number of nitrogens with zero attached hydrogens (tertiary/aromatic N) is 2. The monoisotopic (exact) mass is 226 g/mol. The lowest BCUT2D eigenvalue weighted by Crippen LogP contribution is -2.41. The van der Waals surface area contributed by atoms with Crippen LogP contribution in [-0.2, 0) is 0 Å². The number of alkyl halides is 3. The molecule has 0 saturated heterocycles. The van der Waals surface area contributed by atoms with Gasteiger partial charge in [-0.05, 0) is 7.05 Å². The molecule has 0 fully saturated rings.